The van der Waals surface area contributed by atoms with Gasteiger partial charge in [-0.3, -0.25) is 0 Å². The normalized spacial score (nSPS) is 10.0. The predicted molar refractivity (Wildman–Crippen MR) is 60.7 cm³/mol. The summed E-state index contributed by atoms with van der Waals surface area (Å²) in [7, 11) is -11.7. The van der Waals surface area contributed by atoms with Crippen molar-refractivity contribution in [1.82, 2.24) is 0 Å². The third kappa shape index (κ3) is 71.0. The van der Waals surface area contributed by atoms with E-state index in [0.29, 0.717) is 0 Å². The van der Waals surface area contributed by atoms with Crippen molar-refractivity contribution in [3.8, 4) is 0 Å². The number of rotatable bonds is 3. The molecule has 0 amide bonds. The third-order valence-electron chi connectivity index (χ3n) is 1.06. The Morgan fingerprint density at radius 1 is 0.524 bits per heavy atom. The van der Waals surface area contributed by atoms with Gasteiger partial charge < -0.3 is 13.7 Å². The second-order valence-corrected chi connectivity index (χ2v) is 7.62. The predicted octanol–water partition coefficient (Wildman–Crippen LogP) is -10.3. The van der Waals surface area contributed by atoms with Crippen LogP contribution in [0.1, 0.15) is 20.8 Å². The fourth-order valence-electron chi connectivity index (χ4n) is 0. The first kappa shape index (κ1) is 39.0. The first-order valence-electron chi connectivity index (χ1n) is 4.49. The average Bonchev–Trinajstić information content (AvgIpc) is 2.16. The van der Waals surface area contributed by atoms with Crippen molar-refractivity contribution < 1.29 is 128 Å². The van der Waals surface area contributed by atoms with Gasteiger partial charge >= 0.3 is 88.7 Å². The molecule has 0 saturated carbocycles. The van der Waals surface area contributed by atoms with Crippen LogP contribution in [0.3, 0.4) is 0 Å². The molecule has 0 aromatic rings. The molecule has 0 spiro atoms. The summed E-state index contributed by atoms with van der Waals surface area (Å²) < 4.78 is 85.0. The van der Waals surface area contributed by atoms with Crippen LogP contribution < -0.4 is 88.7 Å². The van der Waals surface area contributed by atoms with Gasteiger partial charge in [-0.2, -0.15) is 0 Å². The first-order chi connectivity index (χ1) is 7.68. The second kappa shape index (κ2) is 19.1. The topological polar surface area (TPSA) is 172 Å². The molecule has 0 aromatic heterocycles. The summed E-state index contributed by atoms with van der Waals surface area (Å²) in [5, 5.41) is 0. The minimum absolute atomic E-state index is 0. The molecular weight excluding hydrogens is 381 g/mol. The van der Waals surface area contributed by atoms with E-state index in [1.54, 1.807) is 0 Å². The van der Waals surface area contributed by atoms with Crippen LogP contribution in [-0.2, 0) is 30.4 Å². The molecule has 0 aromatic carbocycles. The molecule has 0 N–H and O–H groups in total. The Morgan fingerprint density at radius 2 is 0.571 bits per heavy atom. The standard InChI is InChI=1S/3C2H6O3S.3Na/c3*1-2-6(3,4)5;;;/h3*2H2,1H3,(H,3,4,5);;;/q;;;3*+1/p-3. The van der Waals surface area contributed by atoms with E-state index in [1.165, 1.54) is 20.8 Å². The van der Waals surface area contributed by atoms with Crippen molar-refractivity contribution in [3.63, 3.8) is 0 Å². The van der Waals surface area contributed by atoms with E-state index in [0.717, 1.165) is 0 Å². The summed E-state index contributed by atoms with van der Waals surface area (Å²) in [5.74, 6) is -0.938. The molecule has 0 aliphatic carbocycles. The third-order valence-corrected chi connectivity index (χ3v) is 3.18. The van der Waals surface area contributed by atoms with E-state index in [2.05, 4.69) is 0 Å². The Hall–Kier alpha value is 2.73. The van der Waals surface area contributed by atoms with Gasteiger partial charge in [0.25, 0.3) is 0 Å². The van der Waals surface area contributed by atoms with E-state index in [-0.39, 0.29) is 106 Å². The molecule has 0 bridgehead atoms. The van der Waals surface area contributed by atoms with Crippen LogP contribution in [0.2, 0.25) is 0 Å². The molecular formula is C6H15Na3O9S3. The summed E-state index contributed by atoms with van der Waals surface area (Å²) in [4.78, 5) is 0. The summed E-state index contributed by atoms with van der Waals surface area (Å²) >= 11 is 0. The Bertz CT molecular complexity index is 421. The van der Waals surface area contributed by atoms with Gasteiger partial charge in [0, 0.05) is 17.3 Å². The smallest absolute Gasteiger partial charge is 0.748 e. The molecule has 15 heteroatoms. The van der Waals surface area contributed by atoms with E-state index in [9.17, 15) is 38.9 Å². The van der Waals surface area contributed by atoms with Gasteiger partial charge in [-0.15, -0.1) is 0 Å². The number of hydrogen-bond donors (Lipinski definition) is 0. The van der Waals surface area contributed by atoms with Crippen LogP contribution in [0.25, 0.3) is 0 Å². The largest absolute Gasteiger partial charge is 1.00 e. The maximum absolute atomic E-state index is 9.44. The Morgan fingerprint density at radius 3 is 0.571 bits per heavy atom. The Kier molecular flexibility index (Phi) is 35.4. The van der Waals surface area contributed by atoms with Gasteiger partial charge in [0.05, 0.1) is 30.4 Å². The molecule has 0 fully saturated rings. The molecule has 21 heavy (non-hydrogen) atoms. The van der Waals surface area contributed by atoms with Gasteiger partial charge in [0.15, 0.2) is 0 Å². The number of hydrogen-bond acceptors (Lipinski definition) is 9. The van der Waals surface area contributed by atoms with Gasteiger partial charge in [-0.25, -0.2) is 25.3 Å². The van der Waals surface area contributed by atoms with Crippen LogP contribution in [0, 0.1) is 0 Å². The van der Waals surface area contributed by atoms with Crippen molar-refractivity contribution in [1.29, 1.82) is 0 Å². The molecule has 0 rings (SSSR count). The molecule has 0 unspecified atom stereocenters. The Labute approximate surface area is 193 Å². The van der Waals surface area contributed by atoms with Crippen molar-refractivity contribution in [2.45, 2.75) is 20.8 Å². The second-order valence-electron chi connectivity index (χ2n) is 2.54. The van der Waals surface area contributed by atoms with Crippen LogP contribution in [0.15, 0.2) is 0 Å². The maximum atomic E-state index is 9.44. The van der Waals surface area contributed by atoms with Crippen molar-refractivity contribution in [2.24, 2.45) is 0 Å². The molecule has 0 radical (unpaired) electrons. The maximum Gasteiger partial charge on any atom is 1.00 e. The zero-order valence-electron chi connectivity index (χ0n) is 13.0. The molecule has 0 aliphatic heterocycles. The van der Waals surface area contributed by atoms with Crippen molar-refractivity contribution in [2.75, 3.05) is 17.3 Å². The fourth-order valence-corrected chi connectivity index (χ4v) is 0. The minimum Gasteiger partial charge on any atom is -0.748 e. The van der Waals surface area contributed by atoms with Crippen LogP contribution in [0.5, 0.6) is 0 Å². The molecule has 0 heterocycles. The Balaban J connectivity index is -0.0000000375. The molecule has 0 atom stereocenters. The summed E-state index contributed by atoms with van der Waals surface area (Å²) in [6, 6.07) is 0. The van der Waals surface area contributed by atoms with E-state index < -0.39 is 30.4 Å². The van der Waals surface area contributed by atoms with Crippen LogP contribution in [-0.4, -0.2) is 56.2 Å². The first-order valence-corrected chi connectivity index (χ1v) is 9.22. The molecule has 114 valence electrons. The molecule has 9 nitrogen and oxygen atoms in total. The van der Waals surface area contributed by atoms with Crippen molar-refractivity contribution >= 4 is 30.4 Å². The average molecular weight is 396 g/mol. The summed E-state index contributed by atoms with van der Waals surface area (Å²) in [6.45, 7) is 3.92. The zero-order chi connectivity index (χ0) is 15.6. The monoisotopic (exact) mass is 396 g/mol. The van der Waals surface area contributed by atoms with E-state index in [1.807, 2.05) is 0 Å². The fraction of sp³-hybridized carbons (Fsp3) is 1.00. The van der Waals surface area contributed by atoms with E-state index in [4.69, 9.17) is 0 Å². The summed E-state index contributed by atoms with van der Waals surface area (Å²) in [6.07, 6.45) is 0. The van der Waals surface area contributed by atoms with Crippen molar-refractivity contribution in [3.05, 3.63) is 0 Å². The van der Waals surface area contributed by atoms with E-state index >= 15 is 0 Å². The quantitative estimate of drug-likeness (QED) is 0.332. The SMILES string of the molecule is CCS(=O)(=O)[O-].CCS(=O)(=O)[O-].CCS(=O)(=O)[O-].[Na+].[Na+].[Na+]. The van der Waals surface area contributed by atoms with Gasteiger partial charge in [0.1, 0.15) is 0 Å². The van der Waals surface area contributed by atoms with Gasteiger partial charge in [-0.05, 0) is 0 Å². The minimum atomic E-state index is -3.91. The zero-order valence-corrected chi connectivity index (χ0v) is 21.5. The van der Waals surface area contributed by atoms with Crippen LogP contribution in [0.4, 0.5) is 0 Å². The molecule has 0 saturated heterocycles. The van der Waals surface area contributed by atoms with Gasteiger partial charge in [0.2, 0.25) is 0 Å². The van der Waals surface area contributed by atoms with Crippen LogP contribution >= 0.6 is 0 Å². The van der Waals surface area contributed by atoms with Gasteiger partial charge in [-0.1, -0.05) is 20.8 Å². The molecule has 0 aliphatic rings. The summed E-state index contributed by atoms with van der Waals surface area (Å²) in [5.41, 5.74) is 0.